The number of amides is 1. The number of aromatic amines is 1. The Labute approximate surface area is 193 Å². The topological polar surface area (TPSA) is 92.4 Å². The third-order valence-electron chi connectivity index (χ3n) is 6.75. The minimum atomic E-state index is 0.207. The molecular weight excluding hydrogens is 418 g/mol. The number of fused-ring (bicyclic) bond motifs is 1. The van der Waals surface area contributed by atoms with E-state index in [2.05, 4.69) is 27.6 Å². The van der Waals surface area contributed by atoms with Crippen LogP contribution in [0.1, 0.15) is 42.9 Å². The fraction of sp³-hybridized carbons (Fsp3) is 0.480. The van der Waals surface area contributed by atoms with Gasteiger partial charge in [0.1, 0.15) is 5.75 Å². The molecule has 2 fully saturated rings. The quantitative estimate of drug-likeness (QED) is 0.574. The van der Waals surface area contributed by atoms with Crippen LogP contribution in [0.3, 0.4) is 0 Å². The summed E-state index contributed by atoms with van der Waals surface area (Å²) < 4.78 is 10.6. The molecule has 1 amide bonds. The van der Waals surface area contributed by atoms with E-state index in [9.17, 15) is 4.79 Å². The molecule has 4 heterocycles. The highest BCUT2D eigenvalue weighted by Gasteiger charge is 2.28. The molecule has 0 saturated carbocycles. The number of aromatic nitrogens is 3. The van der Waals surface area contributed by atoms with Crippen LogP contribution < -0.4 is 10.1 Å². The van der Waals surface area contributed by atoms with Crippen molar-refractivity contribution in [1.82, 2.24) is 20.1 Å². The third-order valence-corrected chi connectivity index (χ3v) is 6.75. The molecule has 0 spiro atoms. The summed E-state index contributed by atoms with van der Waals surface area (Å²) in [6, 6.07) is 12.5. The van der Waals surface area contributed by atoms with Gasteiger partial charge in [-0.1, -0.05) is 12.1 Å². The number of pyridine rings is 1. The van der Waals surface area contributed by atoms with E-state index in [4.69, 9.17) is 14.5 Å². The predicted octanol–water partition coefficient (Wildman–Crippen LogP) is 3.51. The summed E-state index contributed by atoms with van der Waals surface area (Å²) in [4.78, 5) is 19.6. The smallest absolute Gasteiger partial charge is 0.222 e. The maximum atomic E-state index is 12.8. The molecule has 2 saturated heterocycles. The number of hydrogen-bond donors (Lipinski definition) is 2. The van der Waals surface area contributed by atoms with Gasteiger partial charge in [0.05, 0.1) is 12.5 Å². The molecular formula is C25H31N5O3. The second-order valence-electron chi connectivity index (χ2n) is 8.91. The first-order chi connectivity index (χ1) is 16.2. The highest BCUT2D eigenvalue weighted by molar-refractivity contribution is 5.87. The Hall–Kier alpha value is -3.13. The molecule has 0 bridgehead atoms. The largest absolute Gasteiger partial charge is 0.497 e. The number of benzene rings is 1. The summed E-state index contributed by atoms with van der Waals surface area (Å²) in [6.45, 7) is 3.09. The van der Waals surface area contributed by atoms with Crippen molar-refractivity contribution < 1.29 is 14.3 Å². The number of likely N-dealkylation sites (tertiary alicyclic amines) is 1. The molecule has 3 aromatic rings. The van der Waals surface area contributed by atoms with Crippen molar-refractivity contribution in [2.75, 3.05) is 38.7 Å². The molecule has 8 heteroatoms. The number of hydrogen-bond acceptors (Lipinski definition) is 6. The second kappa shape index (κ2) is 9.79. The van der Waals surface area contributed by atoms with Crippen LogP contribution >= 0.6 is 0 Å². The lowest BCUT2D eigenvalue weighted by Crippen LogP contribution is -2.28. The van der Waals surface area contributed by atoms with Crippen molar-refractivity contribution in [2.45, 2.75) is 44.1 Å². The molecule has 1 aromatic carbocycles. The number of ether oxygens (including phenoxy) is 2. The van der Waals surface area contributed by atoms with Crippen LogP contribution in [-0.2, 0) is 16.0 Å². The second-order valence-corrected chi connectivity index (χ2v) is 8.91. The van der Waals surface area contributed by atoms with Crippen molar-refractivity contribution in [2.24, 2.45) is 0 Å². The van der Waals surface area contributed by atoms with E-state index < -0.39 is 0 Å². The molecule has 2 aliphatic heterocycles. The van der Waals surface area contributed by atoms with E-state index in [1.807, 2.05) is 29.2 Å². The molecule has 33 heavy (non-hydrogen) atoms. The Morgan fingerprint density at radius 1 is 1.18 bits per heavy atom. The summed E-state index contributed by atoms with van der Waals surface area (Å²) in [5, 5.41) is 12.1. The van der Waals surface area contributed by atoms with Gasteiger partial charge in [0, 0.05) is 50.4 Å². The maximum absolute atomic E-state index is 12.8. The van der Waals surface area contributed by atoms with Gasteiger partial charge in [-0.3, -0.25) is 9.89 Å². The Kier molecular flexibility index (Phi) is 6.44. The highest BCUT2D eigenvalue weighted by Crippen LogP contribution is 2.29. The van der Waals surface area contributed by atoms with E-state index >= 15 is 0 Å². The van der Waals surface area contributed by atoms with Gasteiger partial charge in [0.25, 0.3) is 0 Å². The number of anilines is 1. The predicted molar refractivity (Wildman–Crippen MR) is 127 cm³/mol. The van der Waals surface area contributed by atoms with Crippen molar-refractivity contribution in [3.8, 4) is 5.75 Å². The molecule has 174 valence electrons. The number of aryl methyl sites for hydroxylation is 1. The van der Waals surface area contributed by atoms with Crippen molar-refractivity contribution >= 4 is 22.8 Å². The Bertz CT molecular complexity index is 1090. The summed E-state index contributed by atoms with van der Waals surface area (Å²) in [7, 11) is 1.66. The first-order valence-electron chi connectivity index (χ1n) is 11.8. The molecule has 0 radical (unpaired) electrons. The number of methoxy groups -OCH3 is 1. The summed E-state index contributed by atoms with van der Waals surface area (Å²) in [5.74, 6) is 2.16. The van der Waals surface area contributed by atoms with Crippen molar-refractivity contribution in [3.05, 3.63) is 47.7 Å². The average molecular weight is 450 g/mol. The summed E-state index contributed by atoms with van der Waals surface area (Å²) in [6.07, 6.45) is 4.18. The van der Waals surface area contributed by atoms with Crippen LogP contribution in [0.4, 0.5) is 5.82 Å². The van der Waals surface area contributed by atoms with E-state index in [0.29, 0.717) is 12.5 Å². The number of H-pyrrole nitrogens is 1. The monoisotopic (exact) mass is 449 g/mol. The number of carbonyl (C=O) groups is 1. The van der Waals surface area contributed by atoms with Crippen LogP contribution in [0.25, 0.3) is 11.0 Å². The Morgan fingerprint density at radius 2 is 2.00 bits per heavy atom. The van der Waals surface area contributed by atoms with Crippen LogP contribution in [0.5, 0.6) is 5.75 Å². The van der Waals surface area contributed by atoms with Gasteiger partial charge >= 0.3 is 0 Å². The third kappa shape index (κ3) is 4.95. The molecule has 0 aliphatic carbocycles. The van der Waals surface area contributed by atoms with Gasteiger partial charge in [-0.2, -0.15) is 5.10 Å². The zero-order valence-corrected chi connectivity index (χ0v) is 19.0. The fourth-order valence-corrected chi connectivity index (χ4v) is 4.72. The first kappa shape index (κ1) is 21.7. The molecule has 8 nitrogen and oxygen atoms in total. The highest BCUT2D eigenvalue weighted by atomic mass is 16.5. The van der Waals surface area contributed by atoms with E-state index in [0.717, 1.165) is 85.8 Å². The van der Waals surface area contributed by atoms with Gasteiger partial charge in [0.2, 0.25) is 5.91 Å². The zero-order chi connectivity index (χ0) is 22.6. The average Bonchev–Trinajstić information content (AvgIpc) is 3.51. The molecule has 5 rings (SSSR count). The lowest BCUT2D eigenvalue weighted by atomic mass is 10.0. The lowest BCUT2D eigenvalue weighted by Gasteiger charge is -2.23. The van der Waals surface area contributed by atoms with Crippen LogP contribution in [0.2, 0.25) is 0 Å². The van der Waals surface area contributed by atoms with Gasteiger partial charge in [-0.05, 0) is 55.5 Å². The SMILES string of the molecule is COc1ccc(CCC(=O)N2CC[C@H](c3ccc4c(NC5CCOCC5)n[nH]c4n3)C2)cc1. The van der Waals surface area contributed by atoms with Gasteiger partial charge in [0.15, 0.2) is 11.5 Å². The minimum Gasteiger partial charge on any atom is -0.497 e. The molecule has 2 aromatic heterocycles. The maximum Gasteiger partial charge on any atom is 0.222 e. The van der Waals surface area contributed by atoms with Crippen LogP contribution in [0.15, 0.2) is 36.4 Å². The molecule has 2 aliphatic rings. The van der Waals surface area contributed by atoms with Crippen molar-refractivity contribution in [1.29, 1.82) is 0 Å². The zero-order valence-electron chi connectivity index (χ0n) is 19.0. The number of rotatable bonds is 7. The molecule has 0 unspecified atom stereocenters. The minimum absolute atomic E-state index is 0.207. The van der Waals surface area contributed by atoms with E-state index in [1.165, 1.54) is 0 Å². The van der Waals surface area contributed by atoms with Gasteiger partial charge in [-0.25, -0.2) is 4.98 Å². The molecule has 1 atom stereocenters. The molecule has 2 N–H and O–H groups in total. The Balaban J connectivity index is 1.17. The fourth-order valence-electron chi connectivity index (χ4n) is 4.72. The lowest BCUT2D eigenvalue weighted by molar-refractivity contribution is -0.130. The number of nitrogens with one attached hydrogen (secondary N) is 2. The normalized spacial score (nSPS) is 19.2. The summed E-state index contributed by atoms with van der Waals surface area (Å²) >= 11 is 0. The van der Waals surface area contributed by atoms with Crippen LogP contribution in [0, 0.1) is 0 Å². The van der Waals surface area contributed by atoms with Gasteiger partial charge in [-0.15, -0.1) is 0 Å². The number of nitrogens with zero attached hydrogens (tertiary/aromatic N) is 3. The van der Waals surface area contributed by atoms with Gasteiger partial charge < -0.3 is 19.7 Å². The standard InChI is InChI=1S/C25H31N5O3/c1-32-20-5-2-17(3-6-20)4-9-23(31)30-13-10-18(16-30)22-8-7-21-24(28-29-25(21)27-22)26-19-11-14-33-15-12-19/h2-3,5-8,18-19H,4,9-16H2,1H3,(H2,26,27,28,29)/t18-/m0/s1. The van der Waals surface area contributed by atoms with E-state index in [1.54, 1.807) is 7.11 Å². The van der Waals surface area contributed by atoms with Crippen LogP contribution in [-0.4, -0.2) is 65.4 Å². The number of carbonyl (C=O) groups excluding carboxylic acids is 1. The first-order valence-corrected chi connectivity index (χ1v) is 11.8. The van der Waals surface area contributed by atoms with E-state index in [-0.39, 0.29) is 11.8 Å². The Morgan fingerprint density at radius 3 is 2.79 bits per heavy atom. The van der Waals surface area contributed by atoms with Crippen molar-refractivity contribution in [3.63, 3.8) is 0 Å². The summed E-state index contributed by atoms with van der Waals surface area (Å²) in [5.41, 5.74) is 2.97.